The lowest BCUT2D eigenvalue weighted by Gasteiger charge is -2.33. The standard InChI is InChI=1S/C16H24N2O3S/c1-12-7-8-14(17-10-12)22(20)13-6-5-9-18(11-13)15(19)21-16(2,3)4/h7-8,10,13H,5-6,9,11H2,1-4H3/t13-,22+/m1/s1. The Morgan fingerprint density at radius 1 is 1.41 bits per heavy atom. The lowest BCUT2D eigenvalue weighted by Crippen LogP contribution is -2.45. The van der Waals surface area contributed by atoms with Gasteiger partial charge in [-0.2, -0.15) is 0 Å². The molecule has 122 valence electrons. The van der Waals surface area contributed by atoms with E-state index < -0.39 is 16.4 Å². The zero-order chi connectivity index (χ0) is 16.3. The van der Waals surface area contributed by atoms with Crippen molar-refractivity contribution >= 4 is 16.9 Å². The van der Waals surface area contributed by atoms with E-state index in [9.17, 15) is 9.00 Å². The Morgan fingerprint density at radius 3 is 2.73 bits per heavy atom. The van der Waals surface area contributed by atoms with Crippen molar-refractivity contribution in [2.24, 2.45) is 0 Å². The topological polar surface area (TPSA) is 59.5 Å². The van der Waals surface area contributed by atoms with Crippen LogP contribution in [0.2, 0.25) is 0 Å². The summed E-state index contributed by atoms with van der Waals surface area (Å²) in [6.45, 7) is 8.60. The van der Waals surface area contributed by atoms with Gasteiger partial charge in [-0.25, -0.2) is 9.78 Å². The highest BCUT2D eigenvalue weighted by Gasteiger charge is 2.31. The van der Waals surface area contributed by atoms with Crippen LogP contribution in [0.15, 0.2) is 23.4 Å². The smallest absolute Gasteiger partial charge is 0.410 e. The third-order valence-corrected chi connectivity index (χ3v) is 5.07. The molecule has 0 saturated carbocycles. The van der Waals surface area contributed by atoms with Crippen molar-refractivity contribution in [2.45, 2.75) is 56.4 Å². The Balaban J connectivity index is 2.02. The summed E-state index contributed by atoms with van der Waals surface area (Å²) < 4.78 is 18.0. The van der Waals surface area contributed by atoms with Crippen molar-refractivity contribution in [3.63, 3.8) is 0 Å². The molecule has 22 heavy (non-hydrogen) atoms. The van der Waals surface area contributed by atoms with Crippen LogP contribution in [0.25, 0.3) is 0 Å². The highest BCUT2D eigenvalue weighted by atomic mass is 32.2. The molecule has 0 radical (unpaired) electrons. The monoisotopic (exact) mass is 324 g/mol. The van der Waals surface area contributed by atoms with Gasteiger partial charge in [0.25, 0.3) is 0 Å². The Bertz CT molecular complexity index is 552. The first kappa shape index (κ1) is 16.9. The number of rotatable bonds is 2. The summed E-state index contributed by atoms with van der Waals surface area (Å²) in [5.41, 5.74) is 0.529. The predicted molar refractivity (Wildman–Crippen MR) is 86.2 cm³/mol. The fraction of sp³-hybridized carbons (Fsp3) is 0.625. The van der Waals surface area contributed by atoms with Gasteiger partial charge in [0.05, 0.1) is 16.0 Å². The molecule has 5 nitrogen and oxygen atoms in total. The molecule has 6 heteroatoms. The molecule has 2 rings (SSSR count). The lowest BCUT2D eigenvalue weighted by atomic mass is 10.1. The number of likely N-dealkylation sites (tertiary alicyclic amines) is 1. The molecule has 0 aromatic carbocycles. The van der Waals surface area contributed by atoms with E-state index in [1.54, 1.807) is 17.2 Å². The number of piperidine rings is 1. The van der Waals surface area contributed by atoms with Gasteiger partial charge in [0.15, 0.2) is 0 Å². The summed E-state index contributed by atoms with van der Waals surface area (Å²) >= 11 is 0. The number of nitrogens with zero attached hydrogens (tertiary/aromatic N) is 2. The second-order valence-corrected chi connectivity index (χ2v) is 8.34. The fourth-order valence-corrected chi connectivity index (χ4v) is 3.75. The largest absolute Gasteiger partial charge is 0.444 e. The van der Waals surface area contributed by atoms with Gasteiger partial charge in [0.1, 0.15) is 10.6 Å². The van der Waals surface area contributed by atoms with Gasteiger partial charge in [-0.15, -0.1) is 0 Å². The van der Waals surface area contributed by atoms with E-state index in [1.165, 1.54) is 0 Å². The Labute approximate surface area is 134 Å². The van der Waals surface area contributed by atoms with Crippen LogP contribution >= 0.6 is 0 Å². The molecule has 0 aliphatic carbocycles. The summed E-state index contributed by atoms with van der Waals surface area (Å²) in [5, 5.41) is 0.498. The molecular formula is C16H24N2O3S. The number of aryl methyl sites for hydroxylation is 1. The minimum absolute atomic E-state index is 0.0866. The number of amides is 1. The van der Waals surface area contributed by atoms with Gasteiger partial charge >= 0.3 is 6.09 Å². The molecule has 2 atom stereocenters. The second kappa shape index (κ2) is 6.77. The van der Waals surface area contributed by atoms with Crippen LogP contribution in [0.1, 0.15) is 39.2 Å². The number of carbonyl (C=O) groups is 1. The molecule has 0 N–H and O–H groups in total. The molecule has 1 fully saturated rings. The first-order valence-electron chi connectivity index (χ1n) is 7.57. The Hall–Kier alpha value is -1.43. The molecule has 1 aliphatic heterocycles. The van der Waals surface area contributed by atoms with Crippen molar-refractivity contribution < 1.29 is 13.7 Å². The maximum absolute atomic E-state index is 12.6. The van der Waals surface area contributed by atoms with Crippen LogP contribution < -0.4 is 0 Å². The van der Waals surface area contributed by atoms with Gasteiger partial charge in [-0.1, -0.05) is 6.07 Å². The normalized spacial score (nSPS) is 20.5. The molecular weight excluding hydrogens is 300 g/mol. The van der Waals surface area contributed by atoms with E-state index in [4.69, 9.17) is 4.74 Å². The Morgan fingerprint density at radius 2 is 2.14 bits per heavy atom. The van der Waals surface area contributed by atoms with E-state index in [1.807, 2.05) is 33.8 Å². The van der Waals surface area contributed by atoms with Crippen molar-refractivity contribution in [2.75, 3.05) is 13.1 Å². The third-order valence-electron chi connectivity index (χ3n) is 3.42. The number of hydrogen-bond acceptors (Lipinski definition) is 4. The van der Waals surface area contributed by atoms with Crippen LogP contribution in [0.4, 0.5) is 4.79 Å². The SMILES string of the molecule is Cc1ccc([S@@](=O)[C@@H]2CCCN(C(=O)OC(C)(C)C)C2)nc1. The van der Waals surface area contributed by atoms with Crippen molar-refractivity contribution in [3.05, 3.63) is 23.9 Å². The minimum atomic E-state index is -1.20. The van der Waals surface area contributed by atoms with E-state index in [-0.39, 0.29) is 11.3 Å². The van der Waals surface area contributed by atoms with E-state index >= 15 is 0 Å². The average Bonchev–Trinajstić information content (AvgIpc) is 2.46. The molecule has 0 unspecified atom stereocenters. The second-order valence-electron chi connectivity index (χ2n) is 6.66. The summed E-state index contributed by atoms with van der Waals surface area (Å²) in [7, 11) is -1.20. The summed E-state index contributed by atoms with van der Waals surface area (Å²) in [6, 6.07) is 3.71. The quantitative estimate of drug-likeness (QED) is 0.839. The molecule has 1 aromatic rings. The zero-order valence-corrected chi connectivity index (χ0v) is 14.5. The van der Waals surface area contributed by atoms with Crippen LogP contribution in [-0.4, -0.2) is 44.1 Å². The molecule has 1 saturated heterocycles. The molecule has 1 amide bonds. The van der Waals surface area contributed by atoms with E-state index in [2.05, 4.69) is 4.98 Å². The lowest BCUT2D eigenvalue weighted by molar-refractivity contribution is 0.0219. The first-order chi connectivity index (χ1) is 10.3. The van der Waals surface area contributed by atoms with Crippen molar-refractivity contribution in [3.8, 4) is 0 Å². The molecule has 1 aliphatic rings. The van der Waals surface area contributed by atoms with Crippen LogP contribution in [0, 0.1) is 6.92 Å². The Kier molecular flexibility index (Phi) is 5.21. The molecule has 0 bridgehead atoms. The van der Waals surface area contributed by atoms with Gasteiger partial charge in [0.2, 0.25) is 0 Å². The van der Waals surface area contributed by atoms with Crippen molar-refractivity contribution in [1.29, 1.82) is 0 Å². The number of hydrogen-bond donors (Lipinski definition) is 0. The highest BCUT2D eigenvalue weighted by Crippen LogP contribution is 2.21. The number of ether oxygens (including phenoxy) is 1. The van der Waals surface area contributed by atoms with Gasteiger partial charge in [-0.05, 0) is 52.2 Å². The predicted octanol–water partition coefficient (Wildman–Crippen LogP) is 2.90. The number of carbonyl (C=O) groups excluding carboxylic acids is 1. The van der Waals surface area contributed by atoms with Gasteiger partial charge in [0, 0.05) is 19.3 Å². The van der Waals surface area contributed by atoms with Gasteiger partial charge in [-0.3, -0.25) is 4.21 Å². The molecule has 1 aromatic heterocycles. The fourth-order valence-electron chi connectivity index (χ4n) is 2.35. The van der Waals surface area contributed by atoms with Crippen LogP contribution in [0.5, 0.6) is 0 Å². The maximum atomic E-state index is 12.6. The summed E-state index contributed by atoms with van der Waals surface area (Å²) in [4.78, 5) is 18.1. The first-order valence-corrected chi connectivity index (χ1v) is 8.79. The summed E-state index contributed by atoms with van der Waals surface area (Å²) in [6.07, 6.45) is 3.07. The third kappa shape index (κ3) is 4.53. The highest BCUT2D eigenvalue weighted by molar-refractivity contribution is 7.85. The molecule has 0 spiro atoms. The van der Waals surface area contributed by atoms with Gasteiger partial charge < -0.3 is 9.64 Å². The number of pyridine rings is 1. The van der Waals surface area contributed by atoms with E-state index in [0.29, 0.717) is 18.1 Å². The van der Waals surface area contributed by atoms with Crippen LogP contribution in [-0.2, 0) is 15.5 Å². The number of aromatic nitrogens is 1. The maximum Gasteiger partial charge on any atom is 0.410 e. The summed E-state index contributed by atoms with van der Waals surface area (Å²) in [5.74, 6) is 0. The van der Waals surface area contributed by atoms with Crippen molar-refractivity contribution in [1.82, 2.24) is 9.88 Å². The minimum Gasteiger partial charge on any atom is -0.444 e. The average molecular weight is 324 g/mol. The molecule has 2 heterocycles. The van der Waals surface area contributed by atoms with Crippen LogP contribution in [0.3, 0.4) is 0 Å². The zero-order valence-electron chi connectivity index (χ0n) is 13.7. The van der Waals surface area contributed by atoms with E-state index in [0.717, 1.165) is 18.4 Å².